The molecule has 1 unspecified atom stereocenters. The Balaban J connectivity index is 2.15. The highest BCUT2D eigenvalue weighted by Crippen LogP contribution is 2.33. The predicted octanol–water partition coefficient (Wildman–Crippen LogP) is 4.67. The summed E-state index contributed by atoms with van der Waals surface area (Å²) in [4.78, 5) is 0.680. The number of halogens is 4. The lowest BCUT2D eigenvalue weighted by Gasteiger charge is -2.18. The zero-order chi connectivity index (χ0) is 19.5. The average molecular weight is 475 g/mol. The van der Waals surface area contributed by atoms with Crippen LogP contribution in [-0.2, 0) is 10.0 Å². The molecule has 146 valence electrons. The van der Waals surface area contributed by atoms with E-state index in [1.807, 2.05) is 15.9 Å². The van der Waals surface area contributed by atoms with Crippen molar-refractivity contribution >= 4 is 48.8 Å². The maximum atomic E-state index is 13.2. The van der Waals surface area contributed by atoms with E-state index >= 15 is 0 Å². The Morgan fingerprint density at radius 2 is 2.00 bits per heavy atom. The maximum absolute atomic E-state index is 13.2. The van der Waals surface area contributed by atoms with Crippen molar-refractivity contribution < 1.29 is 26.0 Å². The number of benzene rings is 1. The molecule has 0 amide bonds. The van der Waals surface area contributed by atoms with Gasteiger partial charge in [-0.1, -0.05) is 25.6 Å². The summed E-state index contributed by atoms with van der Waals surface area (Å²) in [7, 11) is -3.62. The molecule has 2 aromatic rings. The van der Waals surface area contributed by atoms with Crippen molar-refractivity contribution in [1.82, 2.24) is 9.29 Å². The minimum Gasteiger partial charge on any atom is -0.431 e. The van der Waals surface area contributed by atoms with Crippen molar-refractivity contribution in [1.29, 1.82) is 0 Å². The largest absolute Gasteiger partial charge is 0.431 e. The number of thioether (sulfide) groups is 1. The summed E-state index contributed by atoms with van der Waals surface area (Å²) >= 11 is 2.98. The van der Waals surface area contributed by atoms with Gasteiger partial charge in [0, 0.05) is 18.8 Å². The van der Waals surface area contributed by atoms with Crippen LogP contribution in [0, 0.1) is 0 Å². The Bertz CT molecular complexity index is 851. The van der Waals surface area contributed by atoms with Crippen LogP contribution in [0.25, 0.3) is 11.1 Å². The first-order valence-corrected chi connectivity index (χ1v) is 11.1. The smallest absolute Gasteiger partial charge is 0.331 e. The van der Waals surface area contributed by atoms with Gasteiger partial charge in [-0.3, -0.25) is 0 Å². The quantitative estimate of drug-likeness (QED) is 0.390. The summed E-state index contributed by atoms with van der Waals surface area (Å²) < 4.78 is 70.5. The molecule has 1 aromatic carbocycles. The van der Waals surface area contributed by atoms with Crippen LogP contribution in [0.3, 0.4) is 0 Å². The van der Waals surface area contributed by atoms with Gasteiger partial charge < -0.3 is 4.42 Å². The van der Waals surface area contributed by atoms with Gasteiger partial charge in [-0.25, -0.2) is 17.8 Å². The third-order valence-electron chi connectivity index (χ3n) is 3.63. The molecular formula is C15H18BrF3N2O3S2. The first-order valence-electron chi connectivity index (χ1n) is 7.84. The van der Waals surface area contributed by atoms with E-state index in [0.29, 0.717) is 24.2 Å². The van der Waals surface area contributed by atoms with E-state index in [4.69, 9.17) is 4.42 Å². The molecule has 0 aliphatic rings. The number of nitrogens with zero attached hydrogens (tertiary/aromatic N) is 2. The molecule has 0 N–H and O–H groups in total. The molecule has 1 heterocycles. The van der Waals surface area contributed by atoms with Crippen LogP contribution in [0.1, 0.15) is 20.3 Å². The van der Waals surface area contributed by atoms with E-state index in [9.17, 15) is 21.6 Å². The number of fused-ring (bicyclic) bond motifs is 1. The molecule has 11 heteroatoms. The van der Waals surface area contributed by atoms with Crippen molar-refractivity contribution in [3.63, 3.8) is 0 Å². The Labute approximate surface area is 162 Å². The molecule has 5 nitrogen and oxygen atoms in total. The molecule has 0 radical (unpaired) electrons. The van der Waals surface area contributed by atoms with Crippen LogP contribution in [0.5, 0.6) is 0 Å². The van der Waals surface area contributed by atoms with Gasteiger partial charge in [0.2, 0.25) is 10.0 Å². The Morgan fingerprint density at radius 3 is 2.58 bits per heavy atom. The molecule has 0 aliphatic carbocycles. The van der Waals surface area contributed by atoms with Gasteiger partial charge in [0.25, 0.3) is 5.22 Å². The van der Waals surface area contributed by atoms with Gasteiger partial charge in [-0.05, 0) is 40.5 Å². The molecular weight excluding hydrogens is 457 g/mol. The summed E-state index contributed by atoms with van der Waals surface area (Å²) in [6.07, 6.45) is -2.70. The highest BCUT2D eigenvalue weighted by Gasteiger charge is 2.36. The standard InChI is InChI=1S/C15H18BrF3N2O3S2/c1-3-21(4-2)26(22,23)10-5-6-12-11(9-10)20-14(24-12)25-8-7-13(17)15(16,18)19/h5-6,9,13H,3-4,7-8H2,1-2H3. The molecule has 0 fully saturated rings. The number of hydrogen-bond acceptors (Lipinski definition) is 5. The van der Waals surface area contributed by atoms with Gasteiger partial charge in [-0.2, -0.15) is 13.1 Å². The van der Waals surface area contributed by atoms with Crippen LogP contribution < -0.4 is 0 Å². The second kappa shape index (κ2) is 8.49. The fraction of sp³-hybridized carbons (Fsp3) is 0.533. The van der Waals surface area contributed by atoms with Crippen molar-refractivity contribution in [3.05, 3.63) is 18.2 Å². The summed E-state index contributed by atoms with van der Waals surface area (Å²) in [5.74, 6) is 0.0414. The highest BCUT2D eigenvalue weighted by atomic mass is 79.9. The highest BCUT2D eigenvalue weighted by molar-refractivity contribution is 9.10. The van der Waals surface area contributed by atoms with Crippen molar-refractivity contribution in [2.24, 2.45) is 0 Å². The van der Waals surface area contributed by atoms with E-state index in [1.54, 1.807) is 13.8 Å². The minimum absolute atomic E-state index is 0.0414. The Kier molecular flexibility index (Phi) is 7.03. The van der Waals surface area contributed by atoms with Gasteiger partial charge >= 0.3 is 4.83 Å². The topological polar surface area (TPSA) is 63.4 Å². The lowest BCUT2D eigenvalue weighted by atomic mass is 10.3. The molecule has 2 rings (SSSR count). The zero-order valence-electron chi connectivity index (χ0n) is 14.1. The molecule has 1 aromatic heterocycles. The number of aromatic nitrogens is 1. The molecule has 1 atom stereocenters. The van der Waals surface area contributed by atoms with Gasteiger partial charge in [-0.15, -0.1) is 0 Å². The van der Waals surface area contributed by atoms with Crippen molar-refractivity contribution in [2.75, 3.05) is 18.8 Å². The van der Waals surface area contributed by atoms with Crippen LogP contribution >= 0.6 is 27.7 Å². The maximum Gasteiger partial charge on any atom is 0.331 e. The summed E-state index contributed by atoms with van der Waals surface area (Å²) in [6.45, 7) is 4.19. The molecule has 0 saturated carbocycles. The fourth-order valence-electron chi connectivity index (χ4n) is 2.23. The van der Waals surface area contributed by atoms with E-state index < -0.39 is 21.0 Å². The molecule has 0 bridgehead atoms. The number of alkyl halides is 4. The summed E-state index contributed by atoms with van der Waals surface area (Å²) in [6, 6.07) is 4.33. The first-order chi connectivity index (χ1) is 12.1. The van der Waals surface area contributed by atoms with Crippen molar-refractivity contribution in [3.8, 4) is 0 Å². The Hall–Kier alpha value is -0.780. The number of oxazole rings is 1. The number of sulfonamides is 1. The predicted molar refractivity (Wildman–Crippen MR) is 98.2 cm³/mol. The van der Waals surface area contributed by atoms with Crippen LogP contribution in [0.4, 0.5) is 13.2 Å². The lowest BCUT2D eigenvalue weighted by Crippen LogP contribution is -2.30. The van der Waals surface area contributed by atoms with Gasteiger partial charge in [0.15, 0.2) is 11.8 Å². The second-order valence-corrected chi connectivity index (χ2v) is 9.39. The summed E-state index contributed by atoms with van der Waals surface area (Å²) in [5.41, 5.74) is 0.706. The van der Waals surface area contributed by atoms with E-state index in [0.717, 1.165) is 11.8 Å². The fourth-order valence-corrected chi connectivity index (χ4v) is 4.75. The Morgan fingerprint density at radius 1 is 1.35 bits per heavy atom. The SMILES string of the molecule is CCN(CC)S(=O)(=O)c1ccc2oc(SCCC(F)C(F)(F)Br)nc2c1. The van der Waals surface area contributed by atoms with Gasteiger partial charge in [0.1, 0.15) is 5.52 Å². The van der Waals surface area contributed by atoms with Crippen LogP contribution in [-0.4, -0.2) is 47.6 Å². The molecule has 0 saturated heterocycles. The first kappa shape index (κ1) is 21.5. The molecule has 0 spiro atoms. The van der Waals surface area contributed by atoms with Crippen LogP contribution in [0.2, 0.25) is 0 Å². The molecule has 0 aliphatic heterocycles. The summed E-state index contributed by atoms with van der Waals surface area (Å²) in [5, 5.41) is 0.169. The van der Waals surface area contributed by atoms with Crippen LogP contribution in [0.15, 0.2) is 32.7 Å². The normalized spacial score (nSPS) is 14.3. The number of rotatable bonds is 9. The lowest BCUT2D eigenvalue weighted by molar-refractivity contribution is 0.0210. The van der Waals surface area contributed by atoms with E-state index in [2.05, 4.69) is 4.98 Å². The van der Waals surface area contributed by atoms with Crippen molar-refractivity contribution in [2.45, 2.75) is 41.4 Å². The number of hydrogen-bond donors (Lipinski definition) is 0. The molecule has 26 heavy (non-hydrogen) atoms. The monoisotopic (exact) mass is 474 g/mol. The zero-order valence-corrected chi connectivity index (χ0v) is 17.3. The minimum atomic E-state index is -3.62. The van der Waals surface area contributed by atoms with Gasteiger partial charge in [0.05, 0.1) is 4.90 Å². The average Bonchev–Trinajstić information content (AvgIpc) is 2.96. The third kappa shape index (κ3) is 4.93. The second-order valence-electron chi connectivity index (χ2n) is 5.34. The van der Waals surface area contributed by atoms with E-state index in [1.165, 1.54) is 22.5 Å². The third-order valence-corrected chi connectivity index (χ3v) is 7.04. The van der Waals surface area contributed by atoms with E-state index in [-0.39, 0.29) is 22.3 Å².